The van der Waals surface area contributed by atoms with E-state index in [-0.39, 0.29) is 0 Å². The van der Waals surface area contributed by atoms with Gasteiger partial charge in [-0.15, -0.1) is 0 Å². The van der Waals surface area contributed by atoms with E-state index in [4.69, 9.17) is 4.74 Å². The third-order valence-electron chi connectivity index (χ3n) is 3.81. The van der Waals surface area contributed by atoms with Gasteiger partial charge in [-0.2, -0.15) is 0 Å². The number of hydrogen-bond acceptors (Lipinski definition) is 3. The molecular formula is C19H22N2O2. The number of aromatic amines is 1. The molecule has 1 aromatic heterocycles. The molecule has 1 unspecified atom stereocenters. The smallest absolute Gasteiger partial charge is 0.119 e. The largest absolute Gasteiger partial charge is 0.491 e. The molecule has 4 nitrogen and oxygen atoms in total. The van der Waals surface area contributed by atoms with Crippen molar-refractivity contribution >= 4 is 10.9 Å². The van der Waals surface area contributed by atoms with Crippen molar-refractivity contribution in [3.63, 3.8) is 0 Å². The highest BCUT2D eigenvalue weighted by Crippen LogP contribution is 2.17. The molecule has 1 atom stereocenters. The Kier molecular flexibility index (Phi) is 5.29. The number of aromatic nitrogens is 1. The van der Waals surface area contributed by atoms with Crippen molar-refractivity contribution in [3.8, 4) is 5.75 Å². The lowest BCUT2D eigenvalue weighted by Crippen LogP contribution is -2.32. The Balaban J connectivity index is 1.38. The van der Waals surface area contributed by atoms with Gasteiger partial charge in [-0.25, -0.2) is 0 Å². The van der Waals surface area contributed by atoms with Crippen LogP contribution in [0.1, 0.15) is 5.56 Å². The summed E-state index contributed by atoms with van der Waals surface area (Å²) in [4.78, 5) is 3.28. The van der Waals surface area contributed by atoms with Gasteiger partial charge >= 0.3 is 0 Å². The molecule has 3 N–H and O–H groups in total. The first-order valence-corrected chi connectivity index (χ1v) is 7.94. The van der Waals surface area contributed by atoms with Crippen LogP contribution in [0.4, 0.5) is 0 Å². The van der Waals surface area contributed by atoms with Crippen molar-refractivity contribution in [2.24, 2.45) is 0 Å². The molecule has 3 aromatic rings. The maximum Gasteiger partial charge on any atom is 0.119 e. The molecule has 4 heteroatoms. The minimum absolute atomic E-state index is 0.296. The van der Waals surface area contributed by atoms with Crippen LogP contribution in [-0.4, -0.2) is 35.9 Å². The molecule has 0 radical (unpaired) electrons. The monoisotopic (exact) mass is 310 g/mol. The summed E-state index contributed by atoms with van der Waals surface area (Å²) >= 11 is 0. The summed E-state index contributed by atoms with van der Waals surface area (Å²) in [5.41, 5.74) is 2.46. The van der Waals surface area contributed by atoms with Crippen molar-refractivity contribution in [2.75, 3.05) is 19.7 Å². The van der Waals surface area contributed by atoms with E-state index in [9.17, 15) is 5.11 Å². The fraction of sp³-hybridized carbons (Fsp3) is 0.263. The Morgan fingerprint density at radius 2 is 1.83 bits per heavy atom. The number of ether oxygens (including phenoxy) is 1. The minimum Gasteiger partial charge on any atom is -0.491 e. The molecule has 0 aliphatic heterocycles. The summed E-state index contributed by atoms with van der Waals surface area (Å²) in [6.45, 7) is 1.64. The van der Waals surface area contributed by atoms with Gasteiger partial charge < -0.3 is 20.1 Å². The SMILES string of the molecule is OC(CNCCc1c[nH]c2ccccc12)COc1ccccc1. The van der Waals surface area contributed by atoms with E-state index < -0.39 is 6.10 Å². The van der Waals surface area contributed by atoms with Gasteiger partial charge in [-0.05, 0) is 36.7 Å². The summed E-state index contributed by atoms with van der Waals surface area (Å²) in [5.74, 6) is 0.783. The van der Waals surface area contributed by atoms with E-state index in [2.05, 4.69) is 34.7 Å². The maximum absolute atomic E-state index is 9.95. The molecule has 1 heterocycles. The number of aliphatic hydroxyl groups excluding tert-OH is 1. The molecule has 0 bridgehead atoms. The zero-order valence-electron chi connectivity index (χ0n) is 13.0. The number of para-hydroxylation sites is 2. The van der Waals surface area contributed by atoms with Gasteiger partial charge in [0.1, 0.15) is 18.5 Å². The lowest BCUT2D eigenvalue weighted by atomic mass is 10.1. The van der Waals surface area contributed by atoms with Gasteiger partial charge in [-0.3, -0.25) is 0 Å². The summed E-state index contributed by atoms with van der Waals surface area (Å²) in [7, 11) is 0. The lowest BCUT2D eigenvalue weighted by molar-refractivity contribution is 0.106. The van der Waals surface area contributed by atoms with Gasteiger partial charge in [0.2, 0.25) is 0 Å². The quantitative estimate of drug-likeness (QED) is 0.561. The average Bonchev–Trinajstić information content (AvgIpc) is 3.01. The predicted molar refractivity (Wildman–Crippen MR) is 92.8 cm³/mol. The number of benzene rings is 2. The summed E-state index contributed by atoms with van der Waals surface area (Å²) in [6, 6.07) is 17.8. The average molecular weight is 310 g/mol. The highest BCUT2D eigenvalue weighted by Gasteiger charge is 2.06. The fourth-order valence-electron chi connectivity index (χ4n) is 2.60. The van der Waals surface area contributed by atoms with Crippen molar-refractivity contribution in [3.05, 3.63) is 66.4 Å². The van der Waals surface area contributed by atoms with E-state index in [1.165, 1.54) is 16.5 Å². The van der Waals surface area contributed by atoms with Crippen LogP contribution >= 0.6 is 0 Å². The van der Waals surface area contributed by atoms with E-state index in [0.717, 1.165) is 18.7 Å². The Bertz CT molecular complexity index is 724. The molecule has 0 spiro atoms. The van der Waals surface area contributed by atoms with Crippen LogP contribution in [0.5, 0.6) is 5.75 Å². The molecule has 0 amide bonds. The molecule has 0 fully saturated rings. The summed E-state index contributed by atoms with van der Waals surface area (Å²) in [6.07, 6.45) is 2.47. The van der Waals surface area contributed by atoms with Crippen LogP contribution in [0.3, 0.4) is 0 Å². The molecule has 0 saturated carbocycles. The topological polar surface area (TPSA) is 57.3 Å². The molecule has 120 valence electrons. The molecule has 0 saturated heterocycles. The number of aliphatic hydroxyl groups is 1. The lowest BCUT2D eigenvalue weighted by Gasteiger charge is -2.13. The van der Waals surface area contributed by atoms with Crippen LogP contribution < -0.4 is 10.1 Å². The van der Waals surface area contributed by atoms with E-state index in [1.54, 1.807) is 0 Å². The number of H-pyrrole nitrogens is 1. The Morgan fingerprint density at radius 3 is 2.70 bits per heavy atom. The third-order valence-corrected chi connectivity index (χ3v) is 3.81. The molecule has 0 aliphatic carbocycles. The minimum atomic E-state index is -0.516. The molecular weight excluding hydrogens is 288 g/mol. The first-order valence-electron chi connectivity index (χ1n) is 7.94. The van der Waals surface area contributed by atoms with Crippen molar-refractivity contribution in [2.45, 2.75) is 12.5 Å². The first-order chi connectivity index (χ1) is 11.3. The van der Waals surface area contributed by atoms with E-state index in [1.807, 2.05) is 36.4 Å². The highest BCUT2D eigenvalue weighted by atomic mass is 16.5. The van der Waals surface area contributed by atoms with Crippen LogP contribution in [-0.2, 0) is 6.42 Å². The van der Waals surface area contributed by atoms with Crippen molar-refractivity contribution in [1.29, 1.82) is 0 Å². The molecule has 3 rings (SSSR count). The Labute approximate surface area is 136 Å². The zero-order valence-corrected chi connectivity index (χ0v) is 13.0. The standard InChI is InChI=1S/C19H22N2O2/c22-16(14-23-17-6-2-1-3-7-17)13-20-11-10-15-12-21-19-9-5-4-8-18(15)19/h1-9,12,16,20-22H,10-11,13-14H2. The van der Waals surface area contributed by atoms with Crippen LogP contribution in [0, 0.1) is 0 Å². The van der Waals surface area contributed by atoms with Gasteiger partial charge in [0, 0.05) is 23.6 Å². The number of rotatable bonds is 8. The van der Waals surface area contributed by atoms with Crippen LogP contribution in [0.15, 0.2) is 60.8 Å². The second-order valence-corrected chi connectivity index (χ2v) is 5.59. The second-order valence-electron chi connectivity index (χ2n) is 5.59. The first kappa shape index (κ1) is 15.6. The second kappa shape index (κ2) is 7.81. The molecule has 0 aliphatic rings. The third kappa shape index (κ3) is 4.34. The van der Waals surface area contributed by atoms with Gasteiger partial charge in [0.05, 0.1) is 0 Å². The Morgan fingerprint density at radius 1 is 1.04 bits per heavy atom. The van der Waals surface area contributed by atoms with Gasteiger partial charge in [0.25, 0.3) is 0 Å². The zero-order chi connectivity index (χ0) is 15.9. The van der Waals surface area contributed by atoms with Crippen LogP contribution in [0.25, 0.3) is 10.9 Å². The normalized spacial score (nSPS) is 12.4. The van der Waals surface area contributed by atoms with E-state index >= 15 is 0 Å². The van der Waals surface area contributed by atoms with E-state index in [0.29, 0.717) is 13.2 Å². The maximum atomic E-state index is 9.95. The molecule has 23 heavy (non-hydrogen) atoms. The van der Waals surface area contributed by atoms with Gasteiger partial charge in [-0.1, -0.05) is 36.4 Å². The number of fused-ring (bicyclic) bond motifs is 1. The Hall–Kier alpha value is -2.30. The number of hydrogen-bond donors (Lipinski definition) is 3. The predicted octanol–water partition coefficient (Wildman–Crippen LogP) is 2.74. The van der Waals surface area contributed by atoms with Crippen molar-refractivity contribution in [1.82, 2.24) is 10.3 Å². The fourth-order valence-corrected chi connectivity index (χ4v) is 2.60. The summed E-state index contributed by atoms with van der Waals surface area (Å²) < 4.78 is 5.53. The number of nitrogens with one attached hydrogen (secondary N) is 2. The van der Waals surface area contributed by atoms with Gasteiger partial charge in [0.15, 0.2) is 0 Å². The van der Waals surface area contributed by atoms with Crippen molar-refractivity contribution < 1.29 is 9.84 Å². The molecule has 2 aromatic carbocycles. The highest BCUT2D eigenvalue weighted by molar-refractivity contribution is 5.83. The summed E-state index contributed by atoms with van der Waals surface area (Å²) in [5, 5.41) is 14.5. The van der Waals surface area contributed by atoms with Crippen LogP contribution in [0.2, 0.25) is 0 Å².